The van der Waals surface area contributed by atoms with E-state index in [0.29, 0.717) is 12.5 Å². The average Bonchev–Trinajstić information content (AvgIpc) is 3.18. The first kappa shape index (κ1) is 13.7. The predicted molar refractivity (Wildman–Crippen MR) is 74.5 cm³/mol. The summed E-state index contributed by atoms with van der Waals surface area (Å²) in [5.74, 6) is 0.766. The van der Waals surface area contributed by atoms with E-state index in [9.17, 15) is 4.79 Å². The van der Waals surface area contributed by atoms with Gasteiger partial charge in [0, 0.05) is 0 Å². The maximum atomic E-state index is 10.9. The molecule has 1 aromatic rings. The lowest BCUT2D eigenvalue weighted by Crippen LogP contribution is -2.08. The zero-order chi connectivity index (χ0) is 13.8. The van der Waals surface area contributed by atoms with Crippen molar-refractivity contribution < 1.29 is 14.6 Å². The SMILES string of the molecule is C=C(C)COc1ccc(C(CC(=O)O)C2CC2)cc1. The van der Waals surface area contributed by atoms with Gasteiger partial charge in [-0.1, -0.05) is 18.7 Å². The molecule has 1 unspecified atom stereocenters. The second-order valence-electron chi connectivity index (χ2n) is 5.36. The van der Waals surface area contributed by atoms with Crippen molar-refractivity contribution in [1.29, 1.82) is 0 Å². The van der Waals surface area contributed by atoms with Crippen LogP contribution in [0.1, 0.15) is 37.7 Å². The zero-order valence-corrected chi connectivity index (χ0v) is 11.3. The molecule has 3 heteroatoms. The first-order chi connectivity index (χ1) is 9.06. The number of carbonyl (C=O) groups is 1. The Morgan fingerprint density at radius 1 is 1.42 bits per heavy atom. The minimum absolute atomic E-state index is 0.146. The summed E-state index contributed by atoms with van der Waals surface area (Å²) in [6, 6.07) is 7.80. The number of carboxylic acid groups (broad SMARTS) is 1. The molecule has 0 saturated heterocycles. The van der Waals surface area contributed by atoms with E-state index in [-0.39, 0.29) is 12.3 Å². The normalized spacial score (nSPS) is 15.8. The van der Waals surface area contributed by atoms with Crippen molar-refractivity contribution in [3.8, 4) is 5.75 Å². The molecular weight excluding hydrogens is 240 g/mol. The number of rotatable bonds is 7. The number of benzene rings is 1. The molecule has 1 aliphatic carbocycles. The van der Waals surface area contributed by atoms with Gasteiger partial charge in [0.2, 0.25) is 0 Å². The Kier molecular flexibility index (Phi) is 4.25. The minimum Gasteiger partial charge on any atom is -0.489 e. The molecule has 1 aliphatic rings. The first-order valence-corrected chi connectivity index (χ1v) is 6.65. The van der Waals surface area contributed by atoms with Crippen LogP contribution in [0, 0.1) is 5.92 Å². The summed E-state index contributed by atoms with van der Waals surface area (Å²) in [5.41, 5.74) is 2.08. The summed E-state index contributed by atoms with van der Waals surface area (Å²) in [4.78, 5) is 10.9. The zero-order valence-electron chi connectivity index (χ0n) is 11.3. The lowest BCUT2D eigenvalue weighted by molar-refractivity contribution is -0.137. The summed E-state index contributed by atoms with van der Waals surface area (Å²) in [6.07, 6.45) is 2.51. The van der Waals surface area contributed by atoms with Crippen molar-refractivity contribution in [3.05, 3.63) is 42.0 Å². The van der Waals surface area contributed by atoms with Gasteiger partial charge < -0.3 is 9.84 Å². The van der Waals surface area contributed by atoms with E-state index in [1.807, 2.05) is 31.2 Å². The molecule has 3 nitrogen and oxygen atoms in total. The van der Waals surface area contributed by atoms with Crippen molar-refractivity contribution in [2.24, 2.45) is 5.92 Å². The molecule has 0 amide bonds. The topological polar surface area (TPSA) is 46.5 Å². The van der Waals surface area contributed by atoms with Crippen molar-refractivity contribution in [3.63, 3.8) is 0 Å². The summed E-state index contributed by atoms with van der Waals surface area (Å²) < 4.78 is 5.54. The Labute approximate surface area is 113 Å². The van der Waals surface area contributed by atoms with Crippen LogP contribution in [0.3, 0.4) is 0 Å². The largest absolute Gasteiger partial charge is 0.489 e. The Balaban J connectivity index is 2.02. The van der Waals surface area contributed by atoms with Gasteiger partial charge in [0.25, 0.3) is 0 Å². The lowest BCUT2D eigenvalue weighted by atomic mass is 9.91. The van der Waals surface area contributed by atoms with E-state index in [4.69, 9.17) is 9.84 Å². The molecule has 1 atom stereocenters. The van der Waals surface area contributed by atoms with E-state index in [1.165, 1.54) is 0 Å². The van der Waals surface area contributed by atoms with E-state index in [0.717, 1.165) is 29.7 Å². The molecule has 0 radical (unpaired) electrons. The minimum atomic E-state index is -0.723. The maximum absolute atomic E-state index is 10.9. The Morgan fingerprint density at radius 3 is 2.53 bits per heavy atom. The molecule has 2 rings (SSSR count). The molecule has 1 aromatic carbocycles. The molecule has 0 bridgehead atoms. The third-order valence-corrected chi connectivity index (χ3v) is 3.38. The van der Waals surface area contributed by atoms with Crippen LogP contribution in [0.2, 0.25) is 0 Å². The average molecular weight is 260 g/mol. The molecule has 0 heterocycles. The van der Waals surface area contributed by atoms with Crippen molar-refractivity contribution in [2.45, 2.75) is 32.1 Å². The highest BCUT2D eigenvalue weighted by molar-refractivity contribution is 5.68. The first-order valence-electron chi connectivity index (χ1n) is 6.65. The molecule has 102 valence electrons. The summed E-state index contributed by atoms with van der Waals surface area (Å²) in [5, 5.41) is 8.99. The highest BCUT2D eigenvalue weighted by atomic mass is 16.5. The predicted octanol–water partition coefficient (Wildman–Crippen LogP) is 3.61. The van der Waals surface area contributed by atoms with E-state index >= 15 is 0 Å². The Hall–Kier alpha value is -1.77. The van der Waals surface area contributed by atoms with Crippen molar-refractivity contribution in [2.75, 3.05) is 6.61 Å². The smallest absolute Gasteiger partial charge is 0.303 e. The second-order valence-corrected chi connectivity index (χ2v) is 5.36. The van der Waals surface area contributed by atoms with Crippen LogP contribution in [0.5, 0.6) is 5.75 Å². The molecule has 19 heavy (non-hydrogen) atoms. The molecule has 0 aliphatic heterocycles. The molecular formula is C16H20O3. The van der Waals surface area contributed by atoms with E-state index in [2.05, 4.69) is 6.58 Å². The summed E-state index contributed by atoms with van der Waals surface area (Å²) in [6.45, 7) is 6.23. The van der Waals surface area contributed by atoms with Gasteiger partial charge in [-0.15, -0.1) is 0 Å². The van der Waals surface area contributed by atoms with Crippen LogP contribution >= 0.6 is 0 Å². The molecule has 0 spiro atoms. The maximum Gasteiger partial charge on any atom is 0.303 e. The van der Waals surface area contributed by atoms with Crippen LogP contribution in [0.15, 0.2) is 36.4 Å². The van der Waals surface area contributed by atoms with Gasteiger partial charge in [-0.05, 0) is 54.9 Å². The van der Waals surface area contributed by atoms with Gasteiger partial charge >= 0.3 is 5.97 Å². The lowest BCUT2D eigenvalue weighted by Gasteiger charge is -2.15. The third kappa shape index (κ3) is 4.12. The monoisotopic (exact) mass is 260 g/mol. The van der Waals surface area contributed by atoms with Gasteiger partial charge in [-0.25, -0.2) is 0 Å². The second kappa shape index (κ2) is 5.91. The number of carboxylic acids is 1. The fourth-order valence-electron chi connectivity index (χ4n) is 2.26. The Morgan fingerprint density at radius 2 is 2.05 bits per heavy atom. The van der Waals surface area contributed by atoms with Crippen molar-refractivity contribution >= 4 is 5.97 Å². The standard InChI is InChI=1S/C16H20O3/c1-11(2)10-19-14-7-5-13(6-8-14)15(9-16(17)18)12-3-4-12/h5-8,12,15H,1,3-4,9-10H2,2H3,(H,17,18). The van der Waals surface area contributed by atoms with Crippen LogP contribution in [-0.4, -0.2) is 17.7 Å². The van der Waals surface area contributed by atoms with Crippen molar-refractivity contribution in [1.82, 2.24) is 0 Å². The number of ether oxygens (including phenoxy) is 1. The number of aliphatic carboxylic acids is 1. The summed E-state index contributed by atoms with van der Waals surface area (Å²) in [7, 11) is 0. The quantitative estimate of drug-likeness (QED) is 0.762. The van der Waals surface area contributed by atoms with Crippen LogP contribution in [0.25, 0.3) is 0 Å². The molecule has 1 N–H and O–H groups in total. The molecule has 1 saturated carbocycles. The highest BCUT2D eigenvalue weighted by Crippen LogP contribution is 2.44. The van der Waals surface area contributed by atoms with Crippen LogP contribution in [-0.2, 0) is 4.79 Å². The third-order valence-electron chi connectivity index (χ3n) is 3.38. The fourth-order valence-corrected chi connectivity index (χ4v) is 2.26. The summed E-state index contributed by atoms with van der Waals surface area (Å²) >= 11 is 0. The van der Waals surface area contributed by atoms with Gasteiger partial charge in [0.05, 0.1) is 6.42 Å². The fraction of sp³-hybridized carbons (Fsp3) is 0.438. The number of hydrogen-bond acceptors (Lipinski definition) is 2. The Bertz CT molecular complexity index is 457. The van der Waals surface area contributed by atoms with E-state index in [1.54, 1.807) is 0 Å². The molecule has 0 aromatic heterocycles. The van der Waals surface area contributed by atoms with Gasteiger partial charge in [-0.3, -0.25) is 4.79 Å². The van der Waals surface area contributed by atoms with Gasteiger partial charge in [0.15, 0.2) is 0 Å². The van der Waals surface area contributed by atoms with Gasteiger partial charge in [-0.2, -0.15) is 0 Å². The highest BCUT2D eigenvalue weighted by Gasteiger charge is 2.33. The van der Waals surface area contributed by atoms with Gasteiger partial charge in [0.1, 0.15) is 12.4 Å². The molecule has 1 fully saturated rings. The van der Waals surface area contributed by atoms with E-state index < -0.39 is 5.97 Å². The van der Waals surface area contributed by atoms with Crippen LogP contribution in [0.4, 0.5) is 0 Å². The number of hydrogen-bond donors (Lipinski definition) is 1. The van der Waals surface area contributed by atoms with Crippen LogP contribution < -0.4 is 4.74 Å².